The van der Waals surface area contributed by atoms with Crippen LogP contribution < -0.4 is 4.90 Å². The molecule has 0 N–H and O–H groups in total. The maximum absolute atomic E-state index is 12.2. The fourth-order valence-corrected chi connectivity index (χ4v) is 2.85. The van der Waals surface area contributed by atoms with Gasteiger partial charge in [0.25, 0.3) is 0 Å². The maximum Gasteiger partial charge on any atom is 0.410 e. The van der Waals surface area contributed by atoms with Gasteiger partial charge in [-0.25, -0.2) is 14.8 Å². The van der Waals surface area contributed by atoms with E-state index in [0.717, 1.165) is 5.56 Å². The molecule has 0 radical (unpaired) electrons. The summed E-state index contributed by atoms with van der Waals surface area (Å²) in [5.74, 6) is 0.838. The van der Waals surface area contributed by atoms with Gasteiger partial charge in [-0.1, -0.05) is 30.3 Å². The first-order valence-corrected chi connectivity index (χ1v) is 8.93. The predicted molar refractivity (Wildman–Crippen MR) is 102 cm³/mol. The lowest BCUT2D eigenvalue weighted by Gasteiger charge is -2.36. The molecule has 0 spiro atoms. The Morgan fingerprint density at radius 3 is 2.37 bits per heavy atom. The van der Waals surface area contributed by atoms with Crippen LogP contribution in [0.2, 0.25) is 0 Å². The molecule has 2 aromatic rings. The minimum absolute atomic E-state index is 0.140. The Hall–Kier alpha value is -3.14. The van der Waals surface area contributed by atoms with Crippen LogP contribution in [0, 0.1) is 11.3 Å². The van der Waals surface area contributed by atoms with Gasteiger partial charge in [-0.15, -0.1) is 0 Å². The van der Waals surface area contributed by atoms with Crippen LogP contribution in [0.3, 0.4) is 0 Å². The number of nitriles is 1. The number of carbonyl (C=O) groups excluding carboxylic acids is 1. The van der Waals surface area contributed by atoms with Crippen molar-refractivity contribution in [1.82, 2.24) is 14.9 Å². The van der Waals surface area contributed by atoms with E-state index in [0.29, 0.717) is 37.7 Å². The zero-order chi connectivity index (χ0) is 19.4. The van der Waals surface area contributed by atoms with Gasteiger partial charge in [0.1, 0.15) is 17.5 Å². The van der Waals surface area contributed by atoms with Crippen LogP contribution in [0.25, 0.3) is 11.3 Å². The Morgan fingerprint density at radius 2 is 1.78 bits per heavy atom. The Bertz CT molecular complexity index is 847. The second kappa shape index (κ2) is 7.62. The zero-order valence-electron chi connectivity index (χ0n) is 15.8. The molecule has 1 aliphatic rings. The molecule has 0 saturated carbocycles. The topological polar surface area (TPSA) is 82.4 Å². The van der Waals surface area contributed by atoms with Crippen molar-refractivity contribution in [3.05, 3.63) is 42.2 Å². The zero-order valence-corrected chi connectivity index (χ0v) is 15.8. The molecule has 0 unspecified atom stereocenters. The highest BCUT2D eigenvalue weighted by Crippen LogP contribution is 2.23. The van der Waals surface area contributed by atoms with E-state index >= 15 is 0 Å². The van der Waals surface area contributed by atoms with Gasteiger partial charge in [0, 0.05) is 37.8 Å². The highest BCUT2D eigenvalue weighted by Gasteiger charge is 2.26. The lowest BCUT2D eigenvalue weighted by Crippen LogP contribution is -2.50. The molecule has 0 bridgehead atoms. The molecule has 2 heterocycles. The van der Waals surface area contributed by atoms with Crippen LogP contribution in [0.1, 0.15) is 26.6 Å². The average Bonchev–Trinajstić information content (AvgIpc) is 2.67. The van der Waals surface area contributed by atoms with Gasteiger partial charge in [0.2, 0.25) is 5.82 Å². The quantitative estimate of drug-likeness (QED) is 0.813. The summed E-state index contributed by atoms with van der Waals surface area (Å²) in [4.78, 5) is 24.6. The summed E-state index contributed by atoms with van der Waals surface area (Å²) >= 11 is 0. The van der Waals surface area contributed by atoms with Gasteiger partial charge < -0.3 is 14.5 Å². The van der Waals surface area contributed by atoms with E-state index in [-0.39, 0.29) is 11.9 Å². The minimum atomic E-state index is -0.507. The first-order valence-electron chi connectivity index (χ1n) is 8.93. The van der Waals surface area contributed by atoms with Crippen molar-refractivity contribution in [2.75, 3.05) is 31.1 Å². The molecule has 140 valence electrons. The first kappa shape index (κ1) is 18.6. The number of anilines is 1. The third-order valence-electron chi connectivity index (χ3n) is 4.14. The third kappa shape index (κ3) is 4.73. The van der Waals surface area contributed by atoms with Crippen molar-refractivity contribution in [3.63, 3.8) is 0 Å². The Balaban J connectivity index is 1.75. The smallest absolute Gasteiger partial charge is 0.410 e. The van der Waals surface area contributed by atoms with E-state index in [9.17, 15) is 10.1 Å². The highest BCUT2D eigenvalue weighted by molar-refractivity contribution is 5.69. The van der Waals surface area contributed by atoms with Gasteiger partial charge in [0.05, 0.1) is 5.69 Å². The largest absolute Gasteiger partial charge is 0.444 e. The number of carbonyl (C=O) groups is 1. The van der Waals surface area contributed by atoms with Crippen LogP contribution in [-0.2, 0) is 4.74 Å². The number of aromatic nitrogens is 2. The maximum atomic E-state index is 12.2. The monoisotopic (exact) mass is 365 g/mol. The van der Waals surface area contributed by atoms with Crippen LogP contribution in [-0.4, -0.2) is 52.7 Å². The summed E-state index contributed by atoms with van der Waals surface area (Å²) in [6.07, 6.45) is -0.299. The summed E-state index contributed by atoms with van der Waals surface area (Å²) in [5, 5.41) is 9.29. The number of amides is 1. The number of hydrogen-bond donors (Lipinski definition) is 0. The van der Waals surface area contributed by atoms with Crippen molar-refractivity contribution in [2.24, 2.45) is 0 Å². The van der Waals surface area contributed by atoms with Crippen LogP contribution in [0.5, 0.6) is 0 Å². The molecular formula is C20H23N5O2. The Morgan fingerprint density at radius 1 is 1.11 bits per heavy atom. The first-order chi connectivity index (χ1) is 12.9. The van der Waals surface area contributed by atoms with E-state index < -0.39 is 5.60 Å². The predicted octanol–water partition coefficient (Wildman–Crippen LogP) is 3.07. The second-order valence-electron chi connectivity index (χ2n) is 7.37. The summed E-state index contributed by atoms with van der Waals surface area (Å²) in [5.41, 5.74) is 1.14. The van der Waals surface area contributed by atoms with Gasteiger partial charge in [-0.05, 0) is 20.8 Å². The number of benzene rings is 1. The lowest BCUT2D eigenvalue weighted by atomic mass is 10.1. The summed E-state index contributed by atoms with van der Waals surface area (Å²) < 4.78 is 5.43. The molecule has 1 aromatic heterocycles. The van der Waals surface area contributed by atoms with Gasteiger partial charge in [0.15, 0.2) is 0 Å². The number of nitrogens with zero attached hydrogens (tertiary/aromatic N) is 5. The molecule has 27 heavy (non-hydrogen) atoms. The Kier molecular flexibility index (Phi) is 5.26. The third-order valence-corrected chi connectivity index (χ3v) is 4.14. The molecule has 7 nitrogen and oxygen atoms in total. The van der Waals surface area contributed by atoms with E-state index in [1.54, 1.807) is 4.90 Å². The molecule has 1 saturated heterocycles. The lowest BCUT2D eigenvalue weighted by molar-refractivity contribution is 0.0240. The fourth-order valence-electron chi connectivity index (χ4n) is 2.85. The van der Waals surface area contributed by atoms with Crippen molar-refractivity contribution < 1.29 is 9.53 Å². The number of piperazine rings is 1. The second-order valence-corrected chi connectivity index (χ2v) is 7.37. The molecule has 0 atom stereocenters. The molecule has 1 aromatic carbocycles. The SMILES string of the molecule is CC(C)(C)OC(=O)N1CCN(c2cc(-c3ccccc3)nc(C#N)n2)CC1. The van der Waals surface area contributed by atoms with Crippen LogP contribution >= 0.6 is 0 Å². The minimum Gasteiger partial charge on any atom is -0.444 e. The molecule has 1 aliphatic heterocycles. The number of hydrogen-bond acceptors (Lipinski definition) is 6. The van der Waals surface area contributed by atoms with Gasteiger partial charge in [-0.3, -0.25) is 0 Å². The van der Waals surface area contributed by atoms with E-state index in [1.807, 2.05) is 63.2 Å². The number of rotatable bonds is 2. The normalized spacial score (nSPS) is 14.6. The van der Waals surface area contributed by atoms with E-state index in [4.69, 9.17) is 4.74 Å². The molecular weight excluding hydrogens is 342 g/mol. The summed E-state index contributed by atoms with van der Waals surface area (Å²) in [6.45, 7) is 7.90. The van der Waals surface area contributed by atoms with Crippen molar-refractivity contribution in [2.45, 2.75) is 26.4 Å². The van der Waals surface area contributed by atoms with Crippen molar-refractivity contribution in [1.29, 1.82) is 5.26 Å². The standard InChI is InChI=1S/C20H23N5O2/c1-20(2,3)27-19(26)25-11-9-24(10-12-25)18-13-16(22-17(14-21)23-18)15-7-5-4-6-8-15/h4-8,13H,9-12H2,1-3H3. The molecule has 7 heteroatoms. The average molecular weight is 365 g/mol. The Labute approximate surface area is 159 Å². The summed E-state index contributed by atoms with van der Waals surface area (Å²) in [6, 6.07) is 13.6. The van der Waals surface area contributed by atoms with E-state index in [1.165, 1.54) is 0 Å². The van der Waals surface area contributed by atoms with Crippen molar-refractivity contribution in [3.8, 4) is 17.3 Å². The molecule has 3 rings (SSSR count). The number of ether oxygens (including phenoxy) is 1. The van der Waals surface area contributed by atoms with Crippen LogP contribution in [0.4, 0.5) is 10.6 Å². The van der Waals surface area contributed by atoms with E-state index in [2.05, 4.69) is 14.9 Å². The van der Waals surface area contributed by atoms with Gasteiger partial charge in [-0.2, -0.15) is 5.26 Å². The van der Waals surface area contributed by atoms with Crippen LogP contribution in [0.15, 0.2) is 36.4 Å². The highest BCUT2D eigenvalue weighted by atomic mass is 16.6. The van der Waals surface area contributed by atoms with Crippen molar-refractivity contribution >= 4 is 11.9 Å². The fraction of sp³-hybridized carbons (Fsp3) is 0.400. The van der Waals surface area contributed by atoms with Gasteiger partial charge >= 0.3 is 6.09 Å². The summed E-state index contributed by atoms with van der Waals surface area (Å²) in [7, 11) is 0. The molecule has 1 fully saturated rings. The molecule has 1 amide bonds. The molecule has 0 aliphatic carbocycles.